The van der Waals surface area contributed by atoms with Gasteiger partial charge in [-0.3, -0.25) is 4.79 Å². The summed E-state index contributed by atoms with van der Waals surface area (Å²) in [5, 5.41) is 0. The summed E-state index contributed by atoms with van der Waals surface area (Å²) in [5.74, 6) is 0. The minimum atomic E-state index is 0.710. The summed E-state index contributed by atoms with van der Waals surface area (Å²) in [6.07, 6.45) is 44.6. The Hall–Kier alpha value is -3.97. The predicted octanol–water partition coefficient (Wildman–Crippen LogP) is 11.9. The molecule has 0 unspecified atom stereocenters. The number of aldehydes is 1. The van der Waals surface area contributed by atoms with Crippen molar-refractivity contribution < 1.29 is 4.79 Å². The molecule has 1 nitrogen and oxygen atoms in total. The third-order valence-corrected chi connectivity index (χ3v) is 5.72. The van der Waals surface area contributed by atoms with Gasteiger partial charge in [0.1, 0.15) is 6.29 Å². The van der Waals surface area contributed by atoms with E-state index in [0.29, 0.717) is 5.57 Å². The van der Waals surface area contributed by atoms with Gasteiger partial charge in [-0.05, 0) is 80.7 Å². The van der Waals surface area contributed by atoms with Gasteiger partial charge in [0.15, 0.2) is 0 Å². The third-order valence-electron chi connectivity index (χ3n) is 5.72. The molecule has 0 aromatic carbocycles. The van der Waals surface area contributed by atoms with Gasteiger partial charge in [0, 0.05) is 0 Å². The average molecular weight is 549 g/mol. The van der Waals surface area contributed by atoms with Crippen molar-refractivity contribution in [3.63, 3.8) is 0 Å². The van der Waals surface area contributed by atoms with E-state index >= 15 is 0 Å². The van der Waals surface area contributed by atoms with Crippen molar-refractivity contribution in [1.29, 1.82) is 0 Å². The number of allylic oxidation sites excluding steroid dienone is 28. The zero-order valence-electron chi connectivity index (χ0n) is 26.9. The standard InChI is InChI=1S/C40H52O/c1-33(2)18-12-21-36(5)24-15-27-37(6)25-13-22-34(3)19-10-11-20-35(4)23-14-26-38(7)28-16-29-39(8)30-17-31-40(9)32-41/h10-11,13-20,22-32H,12,21H2,1-9H3/b11-10+,22-13-,23-14-,27-15+,28-16+,30-17-,34-19+,35-20+,36-24+,37-25-,38-26-,39-29+,40-31+. The molecule has 0 atom stereocenters. The highest BCUT2D eigenvalue weighted by molar-refractivity contribution is 5.72. The summed E-state index contributed by atoms with van der Waals surface area (Å²) < 4.78 is 0. The molecule has 0 saturated carbocycles. The second-order valence-corrected chi connectivity index (χ2v) is 10.6. The van der Waals surface area contributed by atoms with Crippen LogP contribution in [0.25, 0.3) is 0 Å². The fourth-order valence-corrected chi connectivity index (χ4v) is 3.17. The molecule has 0 aromatic heterocycles. The van der Waals surface area contributed by atoms with Crippen LogP contribution in [0, 0.1) is 0 Å². The molecule has 0 aliphatic heterocycles. The molecule has 0 bridgehead atoms. The first-order chi connectivity index (χ1) is 19.5. The van der Waals surface area contributed by atoms with Gasteiger partial charge in [-0.2, -0.15) is 0 Å². The van der Waals surface area contributed by atoms with Gasteiger partial charge in [0.25, 0.3) is 0 Å². The van der Waals surface area contributed by atoms with Crippen LogP contribution in [0.2, 0.25) is 0 Å². The Morgan fingerprint density at radius 3 is 1.07 bits per heavy atom. The molecule has 0 saturated heterocycles. The fourth-order valence-electron chi connectivity index (χ4n) is 3.17. The monoisotopic (exact) mass is 548 g/mol. The minimum absolute atomic E-state index is 0.710. The molecule has 1 heteroatoms. The summed E-state index contributed by atoms with van der Waals surface area (Å²) in [7, 11) is 0. The lowest BCUT2D eigenvalue weighted by atomic mass is 10.1. The highest BCUT2D eigenvalue weighted by atomic mass is 16.1. The van der Waals surface area contributed by atoms with Gasteiger partial charge in [0.05, 0.1) is 0 Å². The highest BCUT2D eigenvalue weighted by Crippen LogP contribution is 2.08. The maximum Gasteiger partial charge on any atom is 0.145 e. The number of rotatable bonds is 16. The van der Waals surface area contributed by atoms with Crippen LogP contribution in [0.1, 0.15) is 75.2 Å². The van der Waals surface area contributed by atoms with Crippen molar-refractivity contribution >= 4 is 6.29 Å². The lowest BCUT2D eigenvalue weighted by Gasteiger charge is -1.96. The summed E-state index contributed by atoms with van der Waals surface area (Å²) in [6.45, 7) is 18.7. The van der Waals surface area contributed by atoms with E-state index in [2.05, 4.69) is 140 Å². The number of hydrogen-bond acceptors (Lipinski definition) is 1. The van der Waals surface area contributed by atoms with Crippen molar-refractivity contribution in [1.82, 2.24) is 0 Å². The van der Waals surface area contributed by atoms with E-state index < -0.39 is 0 Å². The van der Waals surface area contributed by atoms with Gasteiger partial charge in [0.2, 0.25) is 0 Å². The molecule has 0 aliphatic rings. The van der Waals surface area contributed by atoms with Gasteiger partial charge in [-0.1, -0.05) is 161 Å². The fraction of sp³-hybridized carbons (Fsp3) is 0.275. The second-order valence-electron chi connectivity index (χ2n) is 10.6. The molecule has 0 heterocycles. The van der Waals surface area contributed by atoms with Crippen LogP contribution in [0.5, 0.6) is 0 Å². The number of carbonyl (C=O) groups is 1. The van der Waals surface area contributed by atoms with Crippen LogP contribution in [-0.4, -0.2) is 6.29 Å². The van der Waals surface area contributed by atoms with Crippen LogP contribution in [0.15, 0.2) is 166 Å². The number of carbonyl (C=O) groups excluding carboxylic acids is 1. The summed E-state index contributed by atoms with van der Waals surface area (Å²) in [6, 6.07) is 0. The third kappa shape index (κ3) is 24.8. The van der Waals surface area contributed by atoms with Gasteiger partial charge < -0.3 is 0 Å². The van der Waals surface area contributed by atoms with Crippen LogP contribution in [-0.2, 0) is 4.79 Å². The van der Waals surface area contributed by atoms with Crippen molar-refractivity contribution in [2.45, 2.75) is 75.2 Å². The largest absolute Gasteiger partial charge is 0.298 e. The first-order valence-electron chi connectivity index (χ1n) is 14.4. The van der Waals surface area contributed by atoms with E-state index in [0.717, 1.165) is 24.7 Å². The quantitative estimate of drug-likeness (QED) is 0.0811. The van der Waals surface area contributed by atoms with Crippen LogP contribution in [0.4, 0.5) is 0 Å². The topological polar surface area (TPSA) is 17.1 Å². The SMILES string of the molecule is CC(C)=CCC/C(C)=C/C=C/C(C)=C\C=C/C(C)=C/C=C/C=C(C)/C=C\C=C(C)/C=C/C=C(C)/C=C\C=C(/C)C=O. The first-order valence-corrected chi connectivity index (χ1v) is 14.4. The molecule has 0 fully saturated rings. The summed E-state index contributed by atoms with van der Waals surface area (Å²) in [5.41, 5.74) is 9.38. The Bertz CT molecular complexity index is 1240. The molecule has 0 N–H and O–H groups in total. The Morgan fingerprint density at radius 2 is 0.732 bits per heavy atom. The number of hydrogen-bond donors (Lipinski definition) is 0. The molecule has 0 rings (SSSR count). The average Bonchev–Trinajstić information content (AvgIpc) is 2.90. The summed E-state index contributed by atoms with van der Waals surface area (Å²) in [4.78, 5) is 10.6. The van der Waals surface area contributed by atoms with E-state index in [1.165, 1.54) is 33.4 Å². The molecule has 218 valence electrons. The van der Waals surface area contributed by atoms with Crippen LogP contribution >= 0.6 is 0 Å². The Balaban J connectivity index is 4.77. The van der Waals surface area contributed by atoms with Crippen molar-refractivity contribution in [3.8, 4) is 0 Å². The molecule has 41 heavy (non-hydrogen) atoms. The highest BCUT2D eigenvalue weighted by Gasteiger charge is 1.87. The smallest absolute Gasteiger partial charge is 0.145 e. The van der Waals surface area contributed by atoms with Crippen LogP contribution in [0.3, 0.4) is 0 Å². The van der Waals surface area contributed by atoms with Gasteiger partial charge in [-0.15, -0.1) is 0 Å². The maximum atomic E-state index is 10.6. The zero-order valence-corrected chi connectivity index (χ0v) is 26.9. The van der Waals surface area contributed by atoms with Gasteiger partial charge in [-0.25, -0.2) is 0 Å². The molecule has 0 aromatic rings. The van der Waals surface area contributed by atoms with E-state index in [-0.39, 0.29) is 0 Å². The predicted molar refractivity (Wildman–Crippen MR) is 186 cm³/mol. The second kappa shape index (κ2) is 23.9. The lowest BCUT2D eigenvalue weighted by Crippen LogP contribution is -1.76. The Kier molecular flexibility index (Phi) is 21.6. The van der Waals surface area contributed by atoms with E-state index in [1.54, 1.807) is 13.0 Å². The minimum Gasteiger partial charge on any atom is -0.298 e. The van der Waals surface area contributed by atoms with E-state index in [4.69, 9.17) is 0 Å². The van der Waals surface area contributed by atoms with Crippen molar-refractivity contribution in [2.75, 3.05) is 0 Å². The Morgan fingerprint density at radius 1 is 0.415 bits per heavy atom. The molecule has 0 amide bonds. The normalized spacial score (nSPS) is 15.7. The molecular weight excluding hydrogens is 496 g/mol. The van der Waals surface area contributed by atoms with Gasteiger partial charge >= 0.3 is 0 Å². The van der Waals surface area contributed by atoms with Crippen molar-refractivity contribution in [2.24, 2.45) is 0 Å². The maximum absolute atomic E-state index is 10.6. The van der Waals surface area contributed by atoms with Crippen LogP contribution < -0.4 is 0 Å². The first kappa shape index (κ1) is 37.0. The molecular formula is C40H52O. The van der Waals surface area contributed by atoms with Crippen molar-refractivity contribution in [3.05, 3.63) is 166 Å². The lowest BCUT2D eigenvalue weighted by molar-refractivity contribution is -0.104. The van der Waals surface area contributed by atoms with E-state index in [9.17, 15) is 4.79 Å². The summed E-state index contributed by atoms with van der Waals surface area (Å²) >= 11 is 0. The van der Waals surface area contributed by atoms with E-state index in [1.807, 2.05) is 31.2 Å². The molecule has 0 radical (unpaired) electrons. The Labute approximate surface area is 251 Å². The molecule has 0 spiro atoms. The molecule has 0 aliphatic carbocycles. The zero-order chi connectivity index (χ0) is 30.9.